The molecule has 1 N–H and O–H groups in total. The Bertz CT molecular complexity index is 1220. The van der Waals surface area contributed by atoms with Crippen LogP contribution in [-0.2, 0) is 14.3 Å². The zero-order valence-corrected chi connectivity index (χ0v) is 22.0. The molecule has 1 aliphatic rings. The summed E-state index contributed by atoms with van der Waals surface area (Å²) in [6.07, 6.45) is -0.701. The van der Waals surface area contributed by atoms with Crippen molar-refractivity contribution in [2.75, 3.05) is 18.1 Å². The Morgan fingerprint density at radius 1 is 0.865 bits per heavy atom. The number of carbonyl (C=O) groups is 3. The summed E-state index contributed by atoms with van der Waals surface area (Å²) >= 11 is 1.26. The lowest BCUT2D eigenvalue weighted by Crippen LogP contribution is -2.46. The highest BCUT2D eigenvalue weighted by Crippen LogP contribution is 2.44. The summed E-state index contributed by atoms with van der Waals surface area (Å²) in [5, 5.41) is 2.66. The molecule has 0 spiro atoms. The minimum Gasteiger partial charge on any atom is -0.458 e. The van der Waals surface area contributed by atoms with Gasteiger partial charge < -0.3 is 14.8 Å². The summed E-state index contributed by atoms with van der Waals surface area (Å²) in [5.74, 6) is -0.348. The van der Waals surface area contributed by atoms with Gasteiger partial charge in [0.15, 0.2) is 5.78 Å². The van der Waals surface area contributed by atoms with Crippen LogP contribution in [0.2, 0.25) is 0 Å². The number of amides is 1. The lowest BCUT2D eigenvalue weighted by atomic mass is 9.98. The number of alkyl carbamates (subject to hydrolysis) is 1. The first-order chi connectivity index (χ1) is 17.7. The number of rotatable bonds is 9. The predicted molar refractivity (Wildman–Crippen MR) is 146 cm³/mol. The van der Waals surface area contributed by atoms with E-state index < -0.39 is 23.7 Å². The van der Waals surface area contributed by atoms with E-state index in [1.54, 1.807) is 45.0 Å². The van der Waals surface area contributed by atoms with E-state index in [-0.39, 0.29) is 29.8 Å². The Balaban J connectivity index is 1.38. The lowest BCUT2D eigenvalue weighted by molar-refractivity contribution is -0.156. The van der Waals surface area contributed by atoms with E-state index >= 15 is 0 Å². The quantitative estimate of drug-likeness (QED) is 0.283. The van der Waals surface area contributed by atoms with E-state index in [4.69, 9.17) is 9.47 Å². The fourth-order valence-electron chi connectivity index (χ4n) is 4.30. The van der Waals surface area contributed by atoms with Gasteiger partial charge in [0.1, 0.15) is 18.2 Å². The van der Waals surface area contributed by atoms with Crippen molar-refractivity contribution >= 4 is 29.6 Å². The number of thioether (sulfide) groups is 1. The maximum atomic E-state index is 12.8. The summed E-state index contributed by atoms with van der Waals surface area (Å²) in [5.41, 5.74) is 4.37. The van der Waals surface area contributed by atoms with Crippen LogP contribution in [0.15, 0.2) is 78.9 Å². The highest BCUT2D eigenvalue weighted by atomic mass is 32.2. The van der Waals surface area contributed by atoms with E-state index in [0.717, 1.165) is 22.3 Å². The molecule has 0 saturated heterocycles. The molecule has 0 aliphatic heterocycles. The third-order valence-corrected chi connectivity index (χ3v) is 6.98. The number of Topliss-reactive ketones (excluding diaryl/α,β-unsaturated/α-hetero) is 1. The Morgan fingerprint density at radius 3 is 2.03 bits per heavy atom. The second-order valence-electron chi connectivity index (χ2n) is 9.86. The van der Waals surface area contributed by atoms with Crippen LogP contribution >= 0.6 is 11.8 Å². The molecule has 0 unspecified atom stereocenters. The number of ether oxygens (including phenoxy) is 2. The van der Waals surface area contributed by atoms with Crippen molar-refractivity contribution in [3.63, 3.8) is 0 Å². The molecule has 0 radical (unpaired) electrons. The van der Waals surface area contributed by atoms with E-state index in [1.165, 1.54) is 11.8 Å². The molecule has 1 atom stereocenters. The molecule has 1 aliphatic carbocycles. The molecule has 7 heteroatoms. The van der Waals surface area contributed by atoms with Gasteiger partial charge in [-0.1, -0.05) is 78.9 Å². The van der Waals surface area contributed by atoms with Gasteiger partial charge in [-0.15, -0.1) is 0 Å². The van der Waals surface area contributed by atoms with Crippen LogP contribution in [0.25, 0.3) is 11.1 Å². The molecule has 3 aromatic rings. The zero-order valence-electron chi connectivity index (χ0n) is 21.2. The molecule has 0 heterocycles. The Morgan fingerprint density at radius 2 is 1.43 bits per heavy atom. The zero-order chi connectivity index (χ0) is 26.4. The van der Waals surface area contributed by atoms with Crippen LogP contribution in [0, 0.1) is 0 Å². The van der Waals surface area contributed by atoms with E-state index in [2.05, 4.69) is 17.4 Å². The number of nitrogens with one attached hydrogen (secondary N) is 1. The molecule has 0 bridgehead atoms. The minimum absolute atomic E-state index is 0.0466. The first-order valence-corrected chi connectivity index (χ1v) is 13.4. The first-order valence-electron chi connectivity index (χ1n) is 12.2. The largest absolute Gasteiger partial charge is 0.458 e. The number of carbonyl (C=O) groups excluding carboxylic acids is 3. The highest BCUT2D eigenvalue weighted by Gasteiger charge is 2.31. The first kappa shape index (κ1) is 26.5. The molecule has 3 aromatic carbocycles. The van der Waals surface area contributed by atoms with E-state index in [9.17, 15) is 14.4 Å². The second kappa shape index (κ2) is 11.6. The fourth-order valence-corrected chi connectivity index (χ4v) is 5.23. The van der Waals surface area contributed by atoms with Gasteiger partial charge in [0.25, 0.3) is 0 Å². The third kappa shape index (κ3) is 6.80. The van der Waals surface area contributed by atoms with Crippen LogP contribution < -0.4 is 5.32 Å². The number of esters is 1. The summed E-state index contributed by atoms with van der Waals surface area (Å²) < 4.78 is 11.1. The number of benzene rings is 3. The average molecular weight is 518 g/mol. The van der Waals surface area contributed by atoms with Crippen molar-refractivity contribution < 1.29 is 23.9 Å². The van der Waals surface area contributed by atoms with Gasteiger partial charge >= 0.3 is 12.1 Å². The maximum Gasteiger partial charge on any atom is 0.407 e. The highest BCUT2D eigenvalue weighted by molar-refractivity contribution is 8.00. The molecule has 0 fully saturated rings. The van der Waals surface area contributed by atoms with Gasteiger partial charge in [0.05, 0.1) is 5.75 Å². The number of ketones is 1. The smallest absolute Gasteiger partial charge is 0.407 e. The Kier molecular flexibility index (Phi) is 8.34. The van der Waals surface area contributed by atoms with Crippen LogP contribution in [0.5, 0.6) is 0 Å². The van der Waals surface area contributed by atoms with Crippen molar-refractivity contribution in [1.29, 1.82) is 0 Å². The molecule has 0 aromatic heterocycles. The SMILES string of the molecule is CC(C)(C)OC(=O)[C@H](CSCC(=O)c1ccccc1)NC(=O)OCC1c2ccccc2-c2ccccc21. The van der Waals surface area contributed by atoms with Crippen molar-refractivity contribution in [3.8, 4) is 11.1 Å². The van der Waals surface area contributed by atoms with Gasteiger partial charge in [-0.3, -0.25) is 4.79 Å². The van der Waals surface area contributed by atoms with Crippen LogP contribution in [0.4, 0.5) is 4.79 Å². The lowest BCUT2D eigenvalue weighted by Gasteiger charge is -2.24. The molecule has 37 heavy (non-hydrogen) atoms. The monoisotopic (exact) mass is 517 g/mol. The molecule has 1 amide bonds. The van der Waals surface area contributed by atoms with Crippen molar-refractivity contribution in [3.05, 3.63) is 95.6 Å². The normalized spacial score (nSPS) is 13.3. The summed E-state index contributed by atoms with van der Waals surface area (Å²) in [4.78, 5) is 38.1. The van der Waals surface area contributed by atoms with Crippen molar-refractivity contribution in [2.24, 2.45) is 0 Å². The third-order valence-electron chi connectivity index (χ3n) is 5.94. The number of hydrogen-bond acceptors (Lipinski definition) is 6. The Labute approximate surface area is 221 Å². The summed E-state index contributed by atoms with van der Waals surface area (Å²) in [7, 11) is 0. The van der Waals surface area contributed by atoms with Gasteiger partial charge in [-0.05, 0) is 43.0 Å². The van der Waals surface area contributed by atoms with Gasteiger partial charge in [0, 0.05) is 17.2 Å². The molecule has 6 nitrogen and oxygen atoms in total. The fraction of sp³-hybridized carbons (Fsp3) is 0.300. The molecular formula is C30H31NO5S. The second-order valence-corrected chi connectivity index (χ2v) is 10.9. The Hall–Kier alpha value is -3.58. The van der Waals surface area contributed by atoms with E-state index in [0.29, 0.717) is 5.56 Å². The number of fused-ring (bicyclic) bond motifs is 3. The van der Waals surface area contributed by atoms with Gasteiger partial charge in [0.2, 0.25) is 0 Å². The van der Waals surface area contributed by atoms with Gasteiger partial charge in [-0.25, -0.2) is 9.59 Å². The maximum absolute atomic E-state index is 12.8. The average Bonchev–Trinajstić information content (AvgIpc) is 3.20. The van der Waals surface area contributed by atoms with E-state index in [1.807, 2.05) is 42.5 Å². The number of hydrogen-bond donors (Lipinski definition) is 1. The van der Waals surface area contributed by atoms with Crippen LogP contribution in [-0.4, -0.2) is 47.6 Å². The van der Waals surface area contributed by atoms with Crippen molar-refractivity contribution in [1.82, 2.24) is 5.32 Å². The van der Waals surface area contributed by atoms with Gasteiger partial charge in [-0.2, -0.15) is 11.8 Å². The van der Waals surface area contributed by atoms with Crippen molar-refractivity contribution in [2.45, 2.75) is 38.3 Å². The molecule has 0 saturated carbocycles. The summed E-state index contributed by atoms with van der Waals surface area (Å²) in [6, 6.07) is 24.2. The minimum atomic E-state index is -0.955. The van der Waals surface area contributed by atoms with Crippen LogP contribution in [0.3, 0.4) is 0 Å². The standard InChI is InChI=1S/C30H31NO5S/c1-30(2,3)36-28(33)26(18-37-19-27(32)20-11-5-4-6-12-20)31-29(34)35-17-25-23-15-9-7-13-21(23)22-14-8-10-16-24(22)25/h4-16,25-26H,17-19H2,1-3H3,(H,31,34)/t26-/m0/s1. The van der Waals surface area contributed by atoms with Crippen LogP contribution in [0.1, 0.15) is 48.2 Å². The molecule has 192 valence electrons. The molecule has 4 rings (SSSR count). The molecular weight excluding hydrogens is 486 g/mol. The summed E-state index contributed by atoms with van der Waals surface area (Å²) in [6.45, 7) is 5.44. The topological polar surface area (TPSA) is 81.7 Å². The predicted octanol–water partition coefficient (Wildman–Crippen LogP) is 5.85.